The Morgan fingerprint density at radius 3 is 2.86 bits per heavy atom. The molecule has 0 aromatic carbocycles. The molecule has 0 amide bonds. The normalized spacial score (nSPS) is 12.1. The average Bonchev–Trinajstić information content (AvgIpc) is 3.22. The number of hydrogen-bond acceptors (Lipinski definition) is 5. The molecule has 0 saturated heterocycles. The van der Waals surface area contributed by atoms with Crippen LogP contribution in [0.15, 0.2) is 36.8 Å². The Morgan fingerprint density at radius 1 is 1.11 bits per heavy atom. The molecule has 28 heavy (non-hydrogen) atoms. The van der Waals surface area contributed by atoms with Gasteiger partial charge in [-0.25, -0.2) is 9.97 Å². The van der Waals surface area contributed by atoms with Crippen LogP contribution in [0.1, 0.15) is 25.2 Å². The maximum absolute atomic E-state index is 5.01. The minimum atomic E-state index is 0.509. The number of nitrogens with zero attached hydrogens (tertiary/aromatic N) is 4. The van der Waals surface area contributed by atoms with Gasteiger partial charge in [-0.05, 0) is 37.5 Å². The first-order chi connectivity index (χ1) is 13.6. The lowest BCUT2D eigenvalue weighted by atomic mass is 10.0. The van der Waals surface area contributed by atoms with Crippen LogP contribution in [0.2, 0.25) is 0 Å². The van der Waals surface area contributed by atoms with Gasteiger partial charge in [0.2, 0.25) is 0 Å². The van der Waals surface area contributed by atoms with Crippen molar-refractivity contribution in [2.45, 2.75) is 27.2 Å². The van der Waals surface area contributed by atoms with Crippen LogP contribution in [0.3, 0.4) is 0 Å². The number of pyridine rings is 2. The second-order valence-corrected chi connectivity index (χ2v) is 7.52. The molecule has 4 aromatic rings. The van der Waals surface area contributed by atoms with E-state index in [0.717, 1.165) is 63.2 Å². The molecule has 3 N–H and O–H groups in total. The van der Waals surface area contributed by atoms with E-state index in [1.807, 2.05) is 31.3 Å². The van der Waals surface area contributed by atoms with Crippen molar-refractivity contribution in [1.82, 2.24) is 30.1 Å². The molecule has 140 valence electrons. The van der Waals surface area contributed by atoms with Crippen molar-refractivity contribution in [3.63, 3.8) is 0 Å². The minimum Gasteiger partial charge on any atom is -0.338 e. The summed E-state index contributed by atoms with van der Waals surface area (Å²) in [5.74, 6) is 2.11. The van der Waals surface area contributed by atoms with Crippen molar-refractivity contribution in [2.24, 2.45) is 5.92 Å². The van der Waals surface area contributed by atoms with Gasteiger partial charge in [-0.3, -0.25) is 10.1 Å². The summed E-state index contributed by atoms with van der Waals surface area (Å²) < 4.78 is 0. The number of hydrogen-bond donors (Lipinski definition) is 3. The van der Waals surface area contributed by atoms with E-state index in [4.69, 9.17) is 4.98 Å². The highest BCUT2D eigenvalue weighted by Gasteiger charge is 2.26. The van der Waals surface area contributed by atoms with Gasteiger partial charge in [-0.15, -0.1) is 0 Å². The zero-order valence-electron chi connectivity index (χ0n) is 16.0. The second kappa shape index (κ2) is 6.30. The zero-order valence-corrected chi connectivity index (χ0v) is 16.0. The van der Waals surface area contributed by atoms with E-state index in [0.29, 0.717) is 5.92 Å². The van der Waals surface area contributed by atoms with Crippen molar-refractivity contribution in [3.8, 4) is 33.9 Å². The zero-order chi connectivity index (χ0) is 19.3. The van der Waals surface area contributed by atoms with E-state index >= 15 is 0 Å². The topological polar surface area (TPSA) is 95.2 Å². The monoisotopic (exact) mass is 371 g/mol. The Labute approximate surface area is 162 Å². The van der Waals surface area contributed by atoms with Crippen molar-refractivity contribution < 1.29 is 0 Å². The first kappa shape index (κ1) is 16.7. The van der Waals surface area contributed by atoms with Gasteiger partial charge >= 0.3 is 0 Å². The summed E-state index contributed by atoms with van der Waals surface area (Å²) in [5.41, 5.74) is 7.83. The highest BCUT2D eigenvalue weighted by atomic mass is 15.1. The third-order valence-corrected chi connectivity index (χ3v) is 4.97. The van der Waals surface area contributed by atoms with Gasteiger partial charge in [0.1, 0.15) is 17.3 Å². The summed E-state index contributed by atoms with van der Waals surface area (Å²) in [6.45, 7) is 6.43. The van der Waals surface area contributed by atoms with Gasteiger partial charge in [0.25, 0.3) is 0 Å². The maximum Gasteiger partial charge on any atom is 0.142 e. The number of nitrogens with one attached hydrogen (secondary N) is 3. The Hall–Kier alpha value is -3.48. The van der Waals surface area contributed by atoms with Gasteiger partial charge < -0.3 is 10.3 Å². The Morgan fingerprint density at radius 2 is 2.00 bits per heavy atom. The summed E-state index contributed by atoms with van der Waals surface area (Å²) in [6, 6.07) is 5.96. The summed E-state index contributed by atoms with van der Waals surface area (Å²) in [4.78, 5) is 17.3. The largest absolute Gasteiger partial charge is 0.338 e. The van der Waals surface area contributed by atoms with Gasteiger partial charge in [-0.2, -0.15) is 5.10 Å². The van der Waals surface area contributed by atoms with Crippen molar-refractivity contribution in [1.29, 1.82) is 0 Å². The summed E-state index contributed by atoms with van der Waals surface area (Å²) in [6.07, 6.45) is 6.28. The number of anilines is 2. The molecule has 5 rings (SSSR count). The molecule has 7 nitrogen and oxygen atoms in total. The van der Waals surface area contributed by atoms with E-state index in [-0.39, 0.29) is 0 Å². The smallest absolute Gasteiger partial charge is 0.142 e. The van der Waals surface area contributed by atoms with Crippen LogP contribution in [0.25, 0.3) is 33.9 Å². The van der Waals surface area contributed by atoms with E-state index in [1.165, 1.54) is 0 Å². The van der Waals surface area contributed by atoms with E-state index in [1.54, 1.807) is 12.4 Å². The fraction of sp³-hybridized carbons (Fsp3) is 0.238. The third-order valence-electron chi connectivity index (χ3n) is 4.97. The predicted molar refractivity (Wildman–Crippen MR) is 109 cm³/mol. The lowest BCUT2D eigenvalue weighted by Crippen LogP contribution is -1.98. The van der Waals surface area contributed by atoms with Gasteiger partial charge in [0, 0.05) is 29.2 Å². The Balaban J connectivity index is 1.76. The molecule has 7 heteroatoms. The molecule has 0 radical (unpaired) electrons. The van der Waals surface area contributed by atoms with Crippen LogP contribution in [-0.4, -0.2) is 30.1 Å². The lowest BCUT2D eigenvalue weighted by Gasteiger charge is -2.08. The lowest BCUT2D eigenvalue weighted by molar-refractivity contribution is 0.634. The molecule has 4 aromatic heterocycles. The number of rotatable bonds is 3. The predicted octanol–water partition coefficient (Wildman–Crippen LogP) is 4.49. The number of fused-ring (bicyclic) bond motifs is 5. The van der Waals surface area contributed by atoms with Crippen LogP contribution >= 0.6 is 0 Å². The molecule has 5 heterocycles. The third kappa shape index (κ3) is 2.58. The molecule has 0 aliphatic carbocycles. The second-order valence-electron chi connectivity index (χ2n) is 7.52. The van der Waals surface area contributed by atoms with Crippen molar-refractivity contribution >= 4 is 11.5 Å². The summed E-state index contributed by atoms with van der Waals surface area (Å²) >= 11 is 0. The summed E-state index contributed by atoms with van der Waals surface area (Å²) in [5, 5.41) is 11.0. The number of aryl methyl sites for hydroxylation is 1. The number of aromatic amines is 2. The van der Waals surface area contributed by atoms with Crippen LogP contribution < -0.4 is 5.32 Å². The first-order valence-corrected chi connectivity index (χ1v) is 9.43. The highest BCUT2D eigenvalue weighted by Crippen LogP contribution is 2.43. The number of imidazole rings is 1. The average molecular weight is 371 g/mol. The molecule has 0 unspecified atom stereocenters. The number of aromatic nitrogens is 6. The van der Waals surface area contributed by atoms with Gasteiger partial charge in [-0.1, -0.05) is 13.8 Å². The van der Waals surface area contributed by atoms with Crippen LogP contribution in [0.4, 0.5) is 11.5 Å². The molecule has 0 bridgehead atoms. The quantitative estimate of drug-likeness (QED) is 0.434. The molecule has 1 aliphatic heterocycles. The fourth-order valence-electron chi connectivity index (χ4n) is 3.75. The first-order valence-electron chi connectivity index (χ1n) is 9.43. The molecule has 0 spiro atoms. The van der Waals surface area contributed by atoms with Gasteiger partial charge in [0.05, 0.1) is 28.8 Å². The highest BCUT2D eigenvalue weighted by molar-refractivity contribution is 5.95. The Bertz CT molecular complexity index is 1110. The van der Waals surface area contributed by atoms with Crippen molar-refractivity contribution in [2.75, 3.05) is 5.32 Å². The van der Waals surface area contributed by atoms with Crippen LogP contribution in [-0.2, 0) is 6.42 Å². The summed E-state index contributed by atoms with van der Waals surface area (Å²) in [7, 11) is 0. The number of H-pyrrole nitrogens is 2. The molecule has 0 fully saturated rings. The Kier molecular flexibility index (Phi) is 3.75. The molecular weight excluding hydrogens is 350 g/mol. The van der Waals surface area contributed by atoms with E-state index in [2.05, 4.69) is 44.3 Å². The minimum absolute atomic E-state index is 0.509. The standard InChI is InChI=1S/C21H21N7/c1-11(2)9-15-17(12(3)27-28-15)21-25-18-13-6-8-22-10-16(13)24-20-14(19(18)26-21)5-4-7-23-20/h4-8,10-11H,9H2,1-3H3,(H,23,24)(H,25,26)(H,27,28). The molecule has 0 atom stereocenters. The van der Waals surface area contributed by atoms with Gasteiger partial charge in [0.15, 0.2) is 0 Å². The van der Waals surface area contributed by atoms with E-state index < -0.39 is 0 Å². The van der Waals surface area contributed by atoms with Crippen LogP contribution in [0, 0.1) is 12.8 Å². The molecule has 0 saturated carbocycles. The molecule has 1 aliphatic rings. The SMILES string of the molecule is Cc1[nH]nc(CC(C)C)c1-c1nc2c([nH]1)-c1ccncc1Nc1ncccc1-2. The van der Waals surface area contributed by atoms with Crippen LogP contribution in [0.5, 0.6) is 0 Å². The fourth-order valence-corrected chi connectivity index (χ4v) is 3.75. The maximum atomic E-state index is 5.01. The van der Waals surface area contributed by atoms with Crippen molar-refractivity contribution in [3.05, 3.63) is 48.2 Å². The molecular formula is C21H21N7. The van der Waals surface area contributed by atoms with E-state index in [9.17, 15) is 0 Å².